The van der Waals surface area contributed by atoms with Gasteiger partial charge in [0.05, 0.1) is 22.1 Å². The van der Waals surface area contributed by atoms with Crippen molar-refractivity contribution < 1.29 is 0 Å². The number of rotatable bonds is 4. The molecule has 0 spiro atoms. The van der Waals surface area contributed by atoms with Crippen molar-refractivity contribution >= 4 is 43.6 Å². The third-order valence-corrected chi connectivity index (χ3v) is 8.92. The van der Waals surface area contributed by atoms with E-state index in [0.717, 1.165) is 11.4 Å². The average Bonchev–Trinajstić information content (AvgIpc) is 3.63. The zero-order valence-electron chi connectivity index (χ0n) is 24.1. The summed E-state index contributed by atoms with van der Waals surface area (Å²) in [7, 11) is 0. The van der Waals surface area contributed by atoms with Crippen LogP contribution in [-0.4, -0.2) is 9.13 Å². The van der Waals surface area contributed by atoms with E-state index in [1.807, 2.05) is 0 Å². The molecule has 0 N–H and O–H groups in total. The quantitative estimate of drug-likeness (QED) is 0.203. The number of benzene rings is 7. The maximum Gasteiger partial charge on any atom is 0.0789 e. The van der Waals surface area contributed by atoms with E-state index in [-0.39, 0.29) is 0 Å². The minimum Gasteiger partial charge on any atom is -0.307 e. The molecule has 0 fully saturated rings. The van der Waals surface area contributed by atoms with Crippen molar-refractivity contribution in [2.45, 2.75) is 0 Å². The van der Waals surface area contributed by atoms with Crippen molar-refractivity contribution in [3.05, 3.63) is 170 Å². The first-order chi connectivity index (χ1) is 21.9. The van der Waals surface area contributed by atoms with Crippen LogP contribution in [0.2, 0.25) is 0 Å². The molecular formula is C42H28N2. The van der Waals surface area contributed by atoms with Gasteiger partial charge in [-0.15, -0.1) is 0 Å². The van der Waals surface area contributed by atoms with Crippen LogP contribution < -0.4 is 0 Å². The Labute approximate surface area is 255 Å². The zero-order chi connectivity index (χ0) is 29.0. The third kappa shape index (κ3) is 3.68. The standard InChI is InChI=1S/C42H28N2/c1-4-13-29(14-5-1)30-23-25-33(26-24-30)43-38-21-11-10-19-35(38)36-27-28-37-40-34(31-15-6-2-7-16-31)20-12-22-39(40)44(42(37)41(36)43)32-17-8-3-9-18-32/h1-28H. The molecule has 0 saturated heterocycles. The van der Waals surface area contributed by atoms with E-state index in [0.29, 0.717) is 0 Å². The molecule has 0 aliphatic heterocycles. The summed E-state index contributed by atoms with van der Waals surface area (Å²) in [5.74, 6) is 0. The Kier molecular flexibility index (Phi) is 5.54. The lowest BCUT2D eigenvalue weighted by atomic mass is 9.99. The SMILES string of the molecule is c1ccc(-c2ccc(-n3c4ccccc4c4ccc5c6c(-c7ccccc7)cccc6n(-c6ccccc6)c5c43)cc2)cc1. The van der Waals surface area contributed by atoms with E-state index in [4.69, 9.17) is 0 Å². The summed E-state index contributed by atoms with van der Waals surface area (Å²) in [6.45, 7) is 0. The Morgan fingerprint density at radius 2 is 0.818 bits per heavy atom. The number of aromatic nitrogens is 2. The number of fused-ring (bicyclic) bond motifs is 7. The van der Waals surface area contributed by atoms with Crippen LogP contribution in [0.15, 0.2) is 170 Å². The number of nitrogens with zero attached hydrogens (tertiary/aromatic N) is 2. The molecule has 0 bridgehead atoms. The minimum atomic E-state index is 1.15. The van der Waals surface area contributed by atoms with Crippen LogP contribution in [0, 0.1) is 0 Å². The second-order valence-electron chi connectivity index (χ2n) is 11.4. The highest BCUT2D eigenvalue weighted by atomic mass is 15.0. The van der Waals surface area contributed by atoms with Crippen molar-refractivity contribution in [3.8, 4) is 33.6 Å². The van der Waals surface area contributed by atoms with E-state index >= 15 is 0 Å². The molecule has 0 radical (unpaired) electrons. The molecule has 9 aromatic rings. The molecule has 0 aliphatic carbocycles. The van der Waals surface area contributed by atoms with E-state index in [9.17, 15) is 0 Å². The Morgan fingerprint density at radius 1 is 0.295 bits per heavy atom. The predicted molar refractivity (Wildman–Crippen MR) is 186 cm³/mol. The summed E-state index contributed by atoms with van der Waals surface area (Å²) >= 11 is 0. The van der Waals surface area contributed by atoms with Gasteiger partial charge in [-0.05, 0) is 58.7 Å². The van der Waals surface area contributed by atoms with Crippen LogP contribution in [0.4, 0.5) is 0 Å². The second-order valence-corrected chi connectivity index (χ2v) is 11.4. The number of hydrogen-bond acceptors (Lipinski definition) is 0. The third-order valence-electron chi connectivity index (χ3n) is 8.92. The number of para-hydroxylation sites is 2. The fraction of sp³-hybridized carbons (Fsp3) is 0. The molecule has 2 nitrogen and oxygen atoms in total. The first-order valence-electron chi connectivity index (χ1n) is 15.1. The van der Waals surface area contributed by atoms with E-state index in [1.165, 1.54) is 65.9 Å². The average molecular weight is 561 g/mol. The Morgan fingerprint density at radius 3 is 1.57 bits per heavy atom. The van der Waals surface area contributed by atoms with Crippen molar-refractivity contribution in [2.75, 3.05) is 0 Å². The van der Waals surface area contributed by atoms with Crippen LogP contribution in [-0.2, 0) is 0 Å². The van der Waals surface area contributed by atoms with Crippen LogP contribution in [0.3, 0.4) is 0 Å². The smallest absolute Gasteiger partial charge is 0.0789 e. The molecule has 2 heterocycles. The predicted octanol–water partition coefficient (Wildman–Crippen LogP) is 11.2. The lowest BCUT2D eigenvalue weighted by Gasteiger charge is -2.13. The monoisotopic (exact) mass is 560 g/mol. The van der Waals surface area contributed by atoms with Gasteiger partial charge < -0.3 is 9.13 Å². The van der Waals surface area contributed by atoms with Crippen LogP contribution >= 0.6 is 0 Å². The molecular weight excluding hydrogens is 532 g/mol. The lowest BCUT2D eigenvalue weighted by molar-refractivity contribution is 1.15. The molecule has 0 unspecified atom stereocenters. The summed E-state index contributed by atoms with van der Waals surface area (Å²) in [5, 5.41) is 5.03. The topological polar surface area (TPSA) is 9.86 Å². The van der Waals surface area contributed by atoms with E-state index < -0.39 is 0 Å². The van der Waals surface area contributed by atoms with Crippen molar-refractivity contribution in [2.24, 2.45) is 0 Å². The van der Waals surface area contributed by atoms with Crippen LogP contribution in [0.5, 0.6) is 0 Å². The van der Waals surface area contributed by atoms with Gasteiger partial charge in [0.15, 0.2) is 0 Å². The molecule has 0 amide bonds. The highest BCUT2D eigenvalue weighted by molar-refractivity contribution is 6.26. The Balaban J connectivity index is 1.45. The first-order valence-corrected chi connectivity index (χ1v) is 15.1. The van der Waals surface area contributed by atoms with Gasteiger partial charge in [-0.25, -0.2) is 0 Å². The fourth-order valence-electron chi connectivity index (χ4n) is 7.00. The Hall–Kier alpha value is -5.86. The summed E-state index contributed by atoms with van der Waals surface area (Å²) in [5.41, 5.74) is 12.1. The largest absolute Gasteiger partial charge is 0.307 e. The maximum absolute atomic E-state index is 2.47. The van der Waals surface area contributed by atoms with E-state index in [1.54, 1.807) is 0 Å². The zero-order valence-corrected chi connectivity index (χ0v) is 24.1. The van der Waals surface area contributed by atoms with E-state index in [2.05, 4.69) is 179 Å². The summed E-state index contributed by atoms with van der Waals surface area (Å²) in [6, 6.07) is 61.3. The first kappa shape index (κ1) is 24.7. The van der Waals surface area contributed by atoms with Gasteiger partial charge in [0.25, 0.3) is 0 Å². The molecule has 2 aromatic heterocycles. The second kappa shape index (κ2) is 9.86. The Bertz CT molecular complexity index is 2450. The molecule has 206 valence electrons. The summed E-state index contributed by atoms with van der Waals surface area (Å²) in [4.78, 5) is 0. The fourth-order valence-corrected chi connectivity index (χ4v) is 7.00. The van der Waals surface area contributed by atoms with Gasteiger partial charge in [-0.3, -0.25) is 0 Å². The number of hydrogen-bond donors (Lipinski definition) is 0. The molecule has 2 heteroatoms. The van der Waals surface area contributed by atoms with Gasteiger partial charge in [-0.1, -0.05) is 133 Å². The lowest BCUT2D eigenvalue weighted by Crippen LogP contribution is -1.98. The van der Waals surface area contributed by atoms with Gasteiger partial charge in [0, 0.05) is 32.9 Å². The highest BCUT2D eigenvalue weighted by Crippen LogP contribution is 2.44. The van der Waals surface area contributed by atoms with Gasteiger partial charge in [0.1, 0.15) is 0 Å². The van der Waals surface area contributed by atoms with Crippen molar-refractivity contribution in [1.29, 1.82) is 0 Å². The maximum atomic E-state index is 2.47. The summed E-state index contributed by atoms with van der Waals surface area (Å²) in [6.07, 6.45) is 0. The molecule has 9 rings (SSSR count). The summed E-state index contributed by atoms with van der Waals surface area (Å²) < 4.78 is 4.93. The van der Waals surface area contributed by atoms with Crippen molar-refractivity contribution in [1.82, 2.24) is 9.13 Å². The molecule has 7 aromatic carbocycles. The molecule has 44 heavy (non-hydrogen) atoms. The molecule has 0 aliphatic rings. The molecule has 0 saturated carbocycles. The van der Waals surface area contributed by atoms with Crippen LogP contribution in [0.25, 0.3) is 77.2 Å². The normalized spacial score (nSPS) is 11.6. The molecule has 0 atom stereocenters. The minimum absolute atomic E-state index is 1.15. The van der Waals surface area contributed by atoms with Crippen LogP contribution in [0.1, 0.15) is 0 Å². The van der Waals surface area contributed by atoms with Crippen molar-refractivity contribution in [3.63, 3.8) is 0 Å². The van der Waals surface area contributed by atoms with Gasteiger partial charge in [0.2, 0.25) is 0 Å². The highest BCUT2D eigenvalue weighted by Gasteiger charge is 2.22. The van der Waals surface area contributed by atoms with Gasteiger partial charge in [-0.2, -0.15) is 0 Å². The van der Waals surface area contributed by atoms with Gasteiger partial charge >= 0.3 is 0 Å².